The van der Waals surface area contributed by atoms with Gasteiger partial charge in [0.2, 0.25) is 5.91 Å². The fourth-order valence-corrected chi connectivity index (χ4v) is 11.7. The third-order valence-electron chi connectivity index (χ3n) is 17.2. The lowest BCUT2D eigenvalue weighted by Gasteiger charge is -2.22. The van der Waals surface area contributed by atoms with Crippen LogP contribution in [0, 0.1) is 0 Å². The Morgan fingerprint density at radius 3 is 1.00 bits per heavy atom. The second kappa shape index (κ2) is 69.8. The van der Waals surface area contributed by atoms with Gasteiger partial charge in [-0.2, -0.15) is 0 Å². The third-order valence-corrected chi connectivity index (χ3v) is 17.2. The number of ether oxygens (including phenoxy) is 1. The summed E-state index contributed by atoms with van der Waals surface area (Å²) in [5, 5.41) is 23.4. The number of nitrogens with one attached hydrogen (secondary N) is 1. The van der Waals surface area contributed by atoms with Gasteiger partial charge in [0.15, 0.2) is 0 Å². The van der Waals surface area contributed by atoms with E-state index in [-0.39, 0.29) is 18.5 Å². The minimum atomic E-state index is -0.661. The lowest BCUT2D eigenvalue weighted by atomic mass is 10.0. The first-order chi connectivity index (χ1) is 39.5. The molecule has 0 radical (unpaired) electrons. The van der Waals surface area contributed by atoms with E-state index in [1.54, 1.807) is 0 Å². The van der Waals surface area contributed by atoms with E-state index < -0.39 is 12.1 Å². The first-order valence-corrected chi connectivity index (χ1v) is 36.6. The SMILES string of the molecule is CCC/C=C\C/C=C\CCCCCCCC(=O)OCCCCCCCCCCCCCCCCCCCCCCCCCCCCCCCCCCCC(=O)NC(CO)C(O)CCCCCCCCCCCCCCCCCCC. The number of hydrogen-bond acceptors (Lipinski definition) is 5. The van der Waals surface area contributed by atoms with Crippen molar-refractivity contribution in [3.05, 3.63) is 24.3 Å². The summed E-state index contributed by atoms with van der Waals surface area (Å²) in [6.07, 6.45) is 88.2. The lowest BCUT2D eigenvalue weighted by molar-refractivity contribution is -0.143. The van der Waals surface area contributed by atoms with Gasteiger partial charge in [0.25, 0.3) is 0 Å². The Labute approximate surface area is 501 Å². The number of hydrogen-bond donors (Lipinski definition) is 3. The maximum Gasteiger partial charge on any atom is 0.305 e. The van der Waals surface area contributed by atoms with Crippen molar-refractivity contribution < 1.29 is 24.5 Å². The average molecular weight is 1130 g/mol. The highest BCUT2D eigenvalue weighted by molar-refractivity contribution is 5.76. The molecule has 0 aromatic heterocycles. The van der Waals surface area contributed by atoms with Gasteiger partial charge in [-0.25, -0.2) is 0 Å². The van der Waals surface area contributed by atoms with Crippen molar-refractivity contribution in [2.45, 2.75) is 424 Å². The quantitative estimate of drug-likeness (QED) is 0.0320. The molecule has 6 heteroatoms. The van der Waals surface area contributed by atoms with Crippen molar-refractivity contribution in [2.24, 2.45) is 0 Å². The zero-order chi connectivity index (χ0) is 57.8. The van der Waals surface area contributed by atoms with E-state index in [0.29, 0.717) is 25.9 Å². The molecule has 0 aromatic carbocycles. The van der Waals surface area contributed by atoms with E-state index in [1.165, 1.54) is 327 Å². The van der Waals surface area contributed by atoms with Crippen LogP contribution in [0.5, 0.6) is 0 Å². The summed E-state index contributed by atoms with van der Waals surface area (Å²) in [6, 6.07) is -0.538. The Bertz CT molecular complexity index is 1250. The van der Waals surface area contributed by atoms with E-state index in [2.05, 4.69) is 43.5 Å². The van der Waals surface area contributed by atoms with Gasteiger partial charge >= 0.3 is 5.97 Å². The highest BCUT2D eigenvalue weighted by Crippen LogP contribution is 2.20. The molecule has 0 rings (SSSR count). The molecule has 0 heterocycles. The highest BCUT2D eigenvalue weighted by atomic mass is 16.5. The Kier molecular flexibility index (Phi) is 68.4. The third kappa shape index (κ3) is 65.5. The van der Waals surface area contributed by atoms with Gasteiger partial charge in [-0.05, 0) is 51.4 Å². The van der Waals surface area contributed by atoms with Gasteiger partial charge < -0.3 is 20.3 Å². The minimum Gasteiger partial charge on any atom is -0.466 e. The van der Waals surface area contributed by atoms with Crippen LogP contribution in [0.15, 0.2) is 24.3 Å². The van der Waals surface area contributed by atoms with Crippen molar-refractivity contribution in [1.29, 1.82) is 0 Å². The monoisotopic (exact) mass is 1130 g/mol. The molecule has 2 atom stereocenters. The van der Waals surface area contributed by atoms with Crippen LogP contribution in [-0.4, -0.2) is 47.4 Å². The summed E-state index contributed by atoms with van der Waals surface area (Å²) in [5.41, 5.74) is 0. The van der Waals surface area contributed by atoms with E-state index >= 15 is 0 Å². The Hall–Kier alpha value is -1.66. The Morgan fingerprint density at radius 1 is 0.350 bits per heavy atom. The number of esters is 1. The fourth-order valence-electron chi connectivity index (χ4n) is 11.7. The van der Waals surface area contributed by atoms with Gasteiger partial charge in [0, 0.05) is 12.8 Å². The minimum absolute atomic E-state index is 0.00687. The molecule has 0 aromatic rings. The summed E-state index contributed by atoms with van der Waals surface area (Å²) in [4.78, 5) is 24.6. The van der Waals surface area contributed by atoms with Crippen LogP contribution in [0.1, 0.15) is 412 Å². The Balaban J connectivity index is 3.32. The zero-order valence-electron chi connectivity index (χ0n) is 54.3. The van der Waals surface area contributed by atoms with Gasteiger partial charge in [0.05, 0.1) is 25.4 Å². The summed E-state index contributed by atoms with van der Waals surface area (Å²) in [6.45, 7) is 4.92. The number of aliphatic hydroxyl groups excluding tert-OH is 2. The topological polar surface area (TPSA) is 95.9 Å². The summed E-state index contributed by atoms with van der Waals surface area (Å²) < 4.78 is 5.48. The first-order valence-electron chi connectivity index (χ1n) is 36.6. The molecule has 3 N–H and O–H groups in total. The van der Waals surface area contributed by atoms with Gasteiger partial charge in [0.1, 0.15) is 0 Å². The summed E-state index contributed by atoms with van der Waals surface area (Å²) >= 11 is 0. The lowest BCUT2D eigenvalue weighted by Crippen LogP contribution is -2.45. The predicted molar refractivity (Wildman–Crippen MR) is 352 cm³/mol. The number of rotatable bonds is 69. The number of amides is 1. The second-order valence-corrected chi connectivity index (χ2v) is 25.3. The van der Waals surface area contributed by atoms with E-state index in [4.69, 9.17) is 4.74 Å². The van der Waals surface area contributed by atoms with E-state index in [0.717, 1.165) is 51.4 Å². The van der Waals surface area contributed by atoms with Crippen molar-refractivity contribution in [3.63, 3.8) is 0 Å². The first kappa shape index (κ1) is 78.3. The van der Waals surface area contributed by atoms with Gasteiger partial charge in [-0.3, -0.25) is 9.59 Å². The highest BCUT2D eigenvalue weighted by Gasteiger charge is 2.20. The molecule has 0 spiro atoms. The van der Waals surface area contributed by atoms with Crippen LogP contribution < -0.4 is 5.32 Å². The molecule has 0 bridgehead atoms. The normalized spacial score (nSPS) is 12.6. The summed E-state index contributed by atoms with van der Waals surface area (Å²) in [5.74, 6) is -0.0194. The fraction of sp³-hybridized carbons (Fsp3) is 0.919. The molecule has 0 aliphatic heterocycles. The maximum absolute atomic E-state index is 12.5. The van der Waals surface area contributed by atoms with E-state index in [1.807, 2.05) is 0 Å². The van der Waals surface area contributed by atoms with Gasteiger partial charge in [-0.1, -0.05) is 372 Å². The number of aliphatic hydroxyl groups is 2. The molecule has 0 saturated carbocycles. The van der Waals surface area contributed by atoms with Crippen molar-refractivity contribution in [1.82, 2.24) is 5.32 Å². The predicted octanol–water partition coefficient (Wildman–Crippen LogP) is 23.7. The van der Waals surface area contributed by atoms with Crippen LogP contribution in [0.25, 0.3) is 0 Å². The Morgan fingerprint density at radius 2 is 0.650 bits per heavy atom. The van der Waals surface area contributed by atoms with Crippen LogP contribution in [0.3, 0.4) is 0 Å². The largest absolute Gasteiger partial charge is 0.466 e. The number of unbranched alkanes of at least 4 members (excludes halogenated alkanes) is 54. The average Bonchev–Trinajstić information content (AvgIpc) is 3.46. The molecule has 6 nitrogen and oxygen atoms in total. The van der Waals surface area contributed by atoms with E-state index in [9.17, 15) is 19.8 Å². The van der Waals surface area contributed by atoms with Crippen LogP contribution in [0.2, 0.25) is 0 Å². The maximum atomic E-state index is 12.5. The molecule has 2 unspecified atom stereocenters. The molecule has 0 fully saturated rings. The smallest absolute Gasteiger partial charge is 0.305 e. The molecule has 0 aliphatic carbocycles. The molecule has 1 amide bonds. The van der Waals surface area contributed by atoms with Crippen molar-refractivity contribution in [3.8, 4) is 0 Å². The van der Waals surface area contributed by atoms with Gasteiger partial charge in [-0.15, -0.1) is 0 Å². The number of allylic oxidation sites excluding steroid dienone is 4. The van der Waals surface area contributed by atoms with Crippen molar-refractivity contribution in [2.75, 3.05) is 13.2 Å². The molecule has 474 valence electrons. The summed E-state index contributed by atoms with van der Waals surface area (Å²) in [7, 11) is 0. The standard InChI is InChI=1S/C74H143NO5/c1-3-5-7-9-11-13-15-17-18-36-39-43-46-50-54-58-62-66-72(77)71(70-76)75-73(78)67-63-59-55-51-47-44-40-37-34-32-30-28-26-24-22-20-19-21-23-25-27-29-31-33-35-38-41-45-49-53-57-61-65-69-80-74(79)68-64-60-56-52-48-42-16-14-12-10-8-6-4-2/h8,10,14,16,71-72,76-77H,3-7,9,11-13,15,17-70H2,1-2H3,(H,75,78)/b10-8-,16-14-. The molecular weight excluding hydrogens is 983 g/mol. The molecule has 80 heavy (non-hydrogen) atoms. The number of carbonyl (C=O) groups is 2. The molecule has 0 saturated heterocycles. The molecular formula is C74H143NO5. The number of carbonyl (C=O) groups excluding carboxylic acids is 2. The molecule has 0 aliphatic rings. The van der Waals surface area contributed by atoms with Crippen LogP contribution in [-0.2, 0) is 14.3 Å². The van der Waals surface area contributed by atoms with Crippen LogP contribution in [0.4, 0.5) is 0 Å². The van der Waals surface area contributed by atoms with Crippen molar-refractivity contribution >= 4 is 11.9 Å². The second-order valence-electron chi connectivity index (χ2n) is 25.3. The van der Waals surface area contributed by atoms with Crippen LogP contribution >= 0.6 is 0 Å². The zero-order valence-corrected chi connectivity index (χ0v) is 54.3.